The fraction of sp³-hybridized carbons (Fsp3) is 0.826. The highest BCUT2D eigenvalue weighted by atomic mass is 32.1. The van der Waals surface area contributed by atoms with E-state index in [1.54, 1.807) is 0 Å². The van der Waals surface area contributed by atoms with Crippen LogP contribution in [0.4, 0.5) is 0 Å². The molecule has 0 saturated carbocycles. The summed E-state index contributed by atoms with van der Waals surface area (Å²) >= 11 is -0.750. The van der Waals surface area contributed by atoms with Gasteiger partial charge in [0.1, 0.15) is 0 Å². The first-order chi connectivity index (χ1) is 52.2. The smallest absolute Gasteiger partial charge is 0.335 e. The monoisotopic (exact) mass is 1670 g/mol. The molecule has 21 heteroatoms. The van der Waals surface area contributed by atoms with Gasteiger partial charge in [-0.25, -0.2) is 0 Å². The van der Waals surface area contributed by atoms with Crippen molar-refractivity contribution in [2.75, 3.05) is 40.6 Å². The molecule has 21 atom stereocenters. The molecule has 0 aromatic heterocycles. The van der Waals surface area contributed by atoms with Crippen molar-refractivity contribution in [3.05, 3.63) is 84.5 Å². The molecule has 0 radical (unpaired) electrons. The van der Waals surface area contributed by atoms with Crippen molar-refractivity contribution in [3.63, 3.8) is 0 Å². The number of benzene rings is 1. The molecule has 654 valence electrons. The lowest BCUT2D eigenvalue weighted by atomic mass is 9.72. The maximum Gasteiger partial charge on any atom is 0.335 e. The minimum absolute atomic E-state index is 0. The summed E-state index contributed by atoms with van der Waals surface area (Å²) < 4.78 is 94.4. The fourth-order valence-electron chi connectivity index (χ4n) is 17.7. The zero-order valence-electron chi connectivity index (χ0n) is 74.4. The molecular weight excluding hydrogens is 1510 g/mol. The molecule has 1 aromatic rings. The Labute approximate surface area is 698 Å². The Balaban J connectivity index is 0.000000559. The van der Waals surface area contributed by atoms with Crippen molar-refractivity contribution >= 4 is 56.8 Å². The predicted molar refractivity (Wildman–Crippen MR) is 477 cm³/mol. The van der Waals surface area contributed by atoms with Gasteiger partial charge in [0.25, 0.3) is 0 Å². The van der Waals surface area contributed by atoms with Crippen LogP contribution in [0.25, 0.3) is 0 Å². The Hall–Kier alpha value is -2.59. The summed E-state index contributed by atoms with van der Waals surface area (Å²) in [6.07, 6.45) is 15.5. The molecule has 0 bridgehead atoms. The van der Waals surface area contributed by atoms with Crippen LogP contribution in [0.5, 0.6) is 0 Å². The quantitative estimate of drug-likeness (QED) is 0.0261. The normalized spacial score (nSPS) is 29.3. The average molecular weight is 1670 g/mol. The van der Waals surface area contributed by atoms with Crippen LogP contribution in [0.1, 0.15) is 260 Å². The summed E-state index contributed by atoms with van der Waals surface area (Å²) in [6, 6.07) is 17.3. The van der Waals surface area contributed by atoms with Crippen molar-refractivity contribution in [1.29, 1.82) is 0 Å². The number of hydrogen-bond donors (Lipinski definition) is 0. The summed E-state index contributed by atoms with van der Waals surface area (Å²) in [7, 11) is -3.82. The van der Waals surface area contributed by atoms with Crippen LogP contribution in [0.15, 0.2) is 78.9 Å². The van der Waals surface area contributed by atoms with Gasteiger partial charge in [-0.1, -0.05) is 196 Å². The lowest BCUT2D eigenvalue weighted by molar-refractivity contribution is -0.145. The topological polar surface area (TPSA) is 179 Å². The van der Waals surface area contributed by atoms with Crippen LogP contribution in [0.2, 0.25) is 72.5 Å². The number of esters is 2. The molecular formula is C92H168O16SSi4. The first-order valence-corrected chi connectivity index (χ1v) is 55.1. The number of carbonyl (C=O) groups excluding carboxylic acids is 2. The molecule has 0 N–H and O–H groups in total. The maximum absolute atomic E-state index is 13.7. The number of rotatable bonds is 41. The zero-order valence-corrected chi connectivity index (χ0v) is 79.2. The van der Waals surface area contributed by atoms with E-state index in [1.165, 1.54) is 61.6 Å². The second-order valence-corrected chi connectivity index (χ2v) is 57.0. The van der Waals surface area contributed by atoms with Crippen LogP contribution in [0, 0.1) is 47.3 Å². The summed E-state index contributed by atoms with van der Waals surface area (Å²) in [5, 5.41) is 0.336. The van der Waals surface area contributed by atoms with Gasteiger partial charge in [0.15, 0.2) is 33.3 Å². The van der Waals surface area contributed by atoms with E-state index in [-0.39, 0.29) is 134 Å². The number of ether oxygens (including phenoxy) is 8. The highest BCUT2D eigenvalue weighted by Gasteiger charge is 2.52. The van der Waals surface area contributed by atoms with Gasteiger partial charge in [-0.05, 0) is 226 Å². The largest absolute Gasteiger partial charge is 0.469 e. The second kappa shape index (κ2) is 48.7. The Bertz CT molecular complexity index is 3020. The van der Waals surface area contributed by atoms with Gasteiger partial charge in [-0.15, -0.1) is 0 Å². The van der Waals surface area contributed by atoms with Crippen molar-refractivity contribution in [2.24, 2.45) is 47.3 Å². The third-order valence-corrected chi connectivity index (χ3v) is 46.5. The summed E-state index contributed by atoms with van der Waals surface area (Å²) in [4.78, 5) is 26.3. The van der Waals surface area contributed by atoms with Gasteiger partial charge in [-0.3, -0.25) is 9.59 Å². The van der Waals surface area contributed by atoms with Crippen molar-refractivity contribution in [3.8, 4) is 0 Å². The maximum atomic E-state index is 13.7. The second-order valence-electron chi connectivity index (χ2n) is 37.7. The first-order valence-electron chi connectivity index (χ1n) is 43.5. The Morgan fingerprint density at radius 3 is 1.27 bits per heavy atom. The summed E-state index contributed by atoms with van der Waals surface area (Å²) in [6.45, 7) is 71.4. The molecule has 6 saturated heterocycles. The summed E-state index contributed by atoms with van der Waals surface area (Å²) in [5.41, 5.74) is 5.68. The molecule has 0 amide bonds. The molecule has 16 nitrogen and oxygen atoms in total. The van der Waals surface area contributed by atoms with E-state index in [9.17, 15) is 9.59 Å². The van der Waals surface area contributed by atoms with Crippen molar-refractivity contribution in [2.45, 2.75) is 400 Å². The van der Waals surface area contributed by atoms with E-state index in [4.69, 9.17) is 64.0 Å². The Kier molecular flexibility index (Phi) is 45.1. The first kappa shape index (κ1) is 105. The lowest BCUT2D eigenvalue weighted by Gasteiger charge is -2.39. The third kappa shape index (κ3) is 30.5. The molecule has 5 unspecified atom stereocenters. The minimum Gasteiger partial charge on any atom is -0.469 e. The van der Waals surface area contributed by atoms with Crippen LogP contribution in [-0.4, -0.2) is 168 Å². The highest BCUT2D eigenvalue weighted by Crippen LogP contribution is 2.50. The lowest BCUT2D eigenvalue weighted by Crippen LogP contribution is -2.42. The molecule has 6 heterocycles. The SMILES string of the molecule is C.C.C=C1C[C@H](CCCO[Si](CC)(CC)CC)OC1CC[C@H]1C[C@@H](C)C(=C)[C@@H](CC2O[C@H](C[C@H](C)CO[Si](C)(C)C(C)(C)C)[C@H](C)[C@H]2C(C(=O)OC)c2ccccc2)O1.C=C1C[C@H](CCCO[Si](CC)(CC)CC)OC1CC[C@H]1C[C@@H](C)C(=C)[C@@H](CC2O[C@H](C[C@H](C)CO[Si](C)(C)C(C)(C)C)[C@H](C)[C@H]2CC(=O)OC)O1.O=S=O. The number of hydrogen-bond acceptors (Lipinski definition) is 16. The predicted octanol–water partition coefficient (Wildman–Crippen LogP) is 23.3. The van der Waals surface area contributed by atoms with Crippen molar-refractivity contribution < 1.29 is 73.6 Å². The van der Waals surface area contributed by atoms with Gasteiger partial charge < -0.3 is 55.6 Å². The van der Waals surface area contributed by atoms with Gasteiger partial charge in [0, 0.05) is 51.1 Å². The van der Waals surface area contributed by atoms with E-state index in [0.29, 0.717) is 49.5 Å². The van der Waals surface area contributed by atoms with Crippen LogP contribution >= 0.6 is 0 Å². The van der Waals surface area contributed by atoms with Crippen molar-refractivity contribution in [1.82, 2.24) is 0 Å². The Morgan fingerprint density at radius 1 is 0.513 bits per heavy atom. The number of carbonyl (C=O) groups is 2. The molecule has 0 spiro atoms. The molecule has 7 rings (SSSR count). The van der Waals surface area contributed by atoms with E-state index >= 15 is 0 Å². The van der Waals surface area contributed by atoms with Crippen LogP contribution in [0.3, 0.4) is 0 Å². The molecule has 6 aliphatic heterocycles. The zero-order chi connectivity index (χ0) is 83.0. The molecule has 1 aromatic carbocycles. The highest BCUT2D eigenvalue weighted by molar-refractivity contribution is 7.51. The molecule has 0 aliphatic carbocycles. The van der Waals surface area contributed by atoms with Gasteiger partial charge in [-0.2, -0.15) is 8.42 Å². The van der Waals surface area contributed by atoms with Gasteiger partial charge in [0.05, 0.1) is 99.8 Å². The van der Waals surface area contributed by atoms with E-state index in [0.717, 1.165) is 126 Å². The molecule has 113 heavy (non-hydrogen) atoms. The summed E-state index contributed by atoms with van der Waals surface area (Å²) in [5.74, 6) is 0.887. The third-order valence-electron chi connectivity index (χ3n) is 28.1. The minimum atomic E-state index is -1.88. The number of methoxy groups -OCH3 is 2. The van der Waals surface area contributed by atoms with Crippen LogP contribution in [-0.2, 0) is 76.8 Å². The average Bonchev–Trinajstić information content (AvgIpc) is 1.64. The molecule has 6 fully saturated rings. The standard InChI is InChI=1S/C48H82O7Si2.C42H78O7Si2.2CH4.O2S/c1-15-57(16-2,17-3)51-27-21-24-39-30-35(6)41(53-39)26-25-40-29-34(5)36(7)43(54-40)31-44-45(46(47(49)50-12)38-22-19-18-20-23-38)37(8)42(55-44)28-33(4)32-52-56(13,14)48(9,10)11;1-15-51(16-2,17-3)45-22-18-19-34-25-31(6)37(47-34)21-20-35-24-30(5)32(7)39(48-35)27-40-36(26-41(43)44-12)33(8)38(49-40)23-29(4)28-46-50(13,14)42(9,10)11;;;1-3-2/h18-20,22-23,33-34,37,39-46H,6-7,15-17,21,24-32H2,1-5,8-14H3;29-30,33-40H,6-7,15-28H2,1-5,8-14H3;2*1H4;/t33-,34+,37-,39-,40-,41?,42+,43+,44?,45+,46?;29-,30+,33+,34-,35-,36+,37?,38+,39+,40?;;;/m00.../s1. The van der Waals surface area contributed by atoms with E-state index < -0.39 is 50.8 Å². The molecule has 6 aliphatic rings. The van der Waals surface area contributed by atoms with Crippen LogP contribution < -0.4 is 0 Å². The van der Waals surface area contributed by atoms with Gasteiger partial charge >= 0.3 is 23.5 Å². The fourth-order valence-corrected chi connectivity index (χ4v) is 25.4. The Morgan fingerprint density at radius 2 is 0.894 bits per heavy atom. The van der Waals surface area contributed by atoms with E-state index in [2.05, 4.69) is 189 Å². The van der Waals surface area contributed by atoms with E-state index in [1.807, 2.05) is 18.2 Å². The van der Waals surface area contributed by atoms with Gasteiger partial charge in [0.2, 0.25) is 0 Å².